The summed E-state index contributed by atoms with van der Waals surface area (Å²) in [6.07, 6.45) is -2.50. The fraction of sp³-hybridized carbons (Fsp3) is 0.435. The maximum Gasteiger partial charge on any atom is 0.389 e. The van der Waals surface area contributed by atoms with Gasteiger partial charge in [-0.2, -0.15) is 13.2 Å². The number of para-hydroxylation sites is 1. The molecule has 2 aromatic carbocycles. The highest BCUT2D eigenvalue weighted by Gasteiger charge is 2.27. The molecule has 0 aliphatic rings. The maximum absolute atomic E-state index is 12.8. The molecule has 0 bridgehead atoms. The van der Waals surface area contributed by atoms with E-state index in [1.165, 1.54) is 20.2 Å². The Kier molecular flexibility index (Phi) is 9.75. The normalized spacial score (nSPS) is 12.1. The summed E-state index contributed by atoms with van der Waals surface area (Å²) in [5, 5.41) is 12.7. The van der Waals surface area contributed by atoms with Gasteiger partial charge in [0.15, 0.2) is 0 Å². The Morgan fingerprint density at radius 3 is 2.24 bits per heavy atom. The highest BCUT2D eigenvalue weighted by atomic mass is 32.2. The number of alkyl halides is 3. The summed E-state index contributed by atoms with van der Waals surface area (Å²) < 4.78 is 69.0. The van der Waals surface area contributed by atoms with Crippen molar-refractivity contribution < 1.29 is 36.2 Å². The molecule has 0 saturated carbocycles. The van der Waals surface area contributed by atoms with E-state index >= 15 is 0 Å². The number of anilines is 1. The van der Waals surface area contributed by atoms with Gasteiger partial charge in [0, 0.05) is 33.1 Å². The molecule has 7 nitrogen and oxygen atoms in total. The van der Waals surface area contributed by atoms with E-state index in [9.17, 15) is 31.5 Å². The average molecular weight is 503 g/mol. The third-order valence-corrected chi connectivity index (χ3v) is 6.85. The van der Waals surface area contributed by atoms with Crippen LogP contribution in [0.4, 0.5) is 18.9 Å². The van der Waals surface area contributed by atoms with Gasteiger partial charge in [0.1, 0.15) is 22.0 Å². The van der Waals surface area contributed by atoms with Gasteiger partial charge in [-0.3, -0.25) is 0 Å². The van der Waals surface area contributed by atoms with E-state index < -0.39 is 28.6 Å². The number of sulfonamides is 1. The first-order valence-electron chi connectivity index (χ1n) is 10.8. The van der Waals surface area contributed by atoms with Crippen molar-refractivity contribution in [3.8, 4) is 11.5 Å². The number of carboxylic acid groups (broad SMARTS) is 1. The Labute approximate surface area is 197 Å². The molecule has 0 aliphatic heterocycles. The third-order valence-electron chi connectivity index (χ3n) is 4.99. The van der Waals surface area contributed by atoms with Gasteiger partial charge < -0.3 is 15.2 Å². The zero-order chi connectivity index (χ0) is 25.4. The number of benzene rings is 2. The van der Waals surface area contributed by atoms with Gasteiger partial charge >= 0.3 is 12.1 Å². The first-order valence-corrected chi connectivity index (χ1v) is 12.2. The molecule has 0 heterocycles. The Hall–Kier alpha value is -2.79. The number of nitrogens with one attached hydrogen (secondary N) is 1. The summed E-state index contributed by atoms with van der Waals surface area (Å²) in [6.45, 7) is 0.354. The lowest BCUT2D eigenvalue weighted by atomic mass is 10.1. The smallest absolute Gasteiger partial charge is 0.389 e. The van der Waals surface area contributed by atoms with Crippen LogP contribution in [-0.2, 0) is 10.0 Å². The second-order valence-electron chi connectivity index (χ2n) is 7.91. The number of aromatic carboxylic acids is 1. The average Bonchev–Trinajstić information content (AvgIpc) is 2.75. The van der Waals surface area contributed by atoms with Crippen molar-refractivity contribution in [3.05, 3.63) is 48.0 Å². The number of rotatable bonds is 13. The molecule has 0 unspecified atom stereocenters. The largest absolute Gasteiger partial charge is 0.478 e. The molecule has 34 heavy (non-hydrogen) atoms. The van der Waals surface area contributed by atoms with E-state index in [-0.39, 0.29) is 28.3 Å². The lowest BCUT2D eigenvalue weighted by Crippen LogP contribution is -2.24. The monoisotopic (exact) mass is 502 g/mol. The molecule has 0 fully saturated rings. The second-order valence-corrected chi connectivity index (χ2v) is 10.0. The molecule has 0 amide bonds. The van der Waals surface area contributed by atoms with Gasteiger partial charge in [0.25, 0.3) is 0 Å². The minimum Gasteiger partial charge on any atom is -0.478 e. The summed E-state index contributed by atoms with van der Waals surface area (Å²) in [5.41, 5.74) is -0.124. The summed E-state index contributed by atoms with van der Waals surface area (Å²) in [5.74, 6) is -0.976. The molecule has 188 valence electrons. The molecule has 0 atom stereocenters. The van der Waals surface area contributed by atoms with Gasteiger partial charge in [-0.15, -0.1) is 0 Å². The highest BCUT2D eigenvalue weighted by Crippen LogP contribution is 2.34. The van der Waals surface area contributed by atoms with Crippen molar-refractivity contribution in [3.63, 3.8) is 0 Å². The van der Waals surface area contributed by atoms with Crippen LogP contribution in [-0.4, -0.2) is 50.6 Å². The predicted molar refractivity (Wildman–Crippen MR) is 123 cm³/mol. The molecule has 0 radical (unpaired) electrons. The van der Waals surface area contributed by atoms with Crippen LogP contribution >= 0.6 is 0 Å². The summed E-state index contributed by atoms with van der Waals surface area (Å²) >= 11 is 0. The number of hydrogen-bond acceptors (Lipinski definition) is 5. The summed E-state index contributed by atoms with van der Waals surface area (Å²) in [4.78, 5) is 11.6. The fourth-order valence-corrected chi connectivity index (χ4v) is 4.25. The van der Waals surface area contributed by atoms with Crippen LogP contribution in [0.1, 0.15) is 48.9 Å². The highest BCUT2D eigenvalue weighted by molar-refractivity contribution is 7.89. The quantitative estimate of drug-likeness (QED) is 0.339. The molecular formula is C23H29F3N2O5S. The molecule has 0 aromatic heterocycles. The van der Waals surface area contributed by atoms with Crippen molar-refractivity contribution in [2.75, 3.05) is 26.0 Å². The number of nitrogens with zero attached hydrogens (tertiary/aromatic N) is 1. The summed E-state index contributed by atoms with van der Waals surface area (Å²) in [7, 11) is -1.29. The Bertz CT molecular complexity index is 1060. The molecule has 11 heteroatoms. The number of hydrogen-bond donors (Lipinski definition) is 2. The second kappa shape index (κ2) is 12.1. The van der Waals surface area contributed by atoms with Crippen LogP contribution in [0.15, 0.2) is 47.4 Å². The van der Waals surface area contributed by atoms with Gasteiger partial charge in [-0.05, 0) is 31.0 Å². The lowest BCUT2D eigenvalue weighted by Gasteiger charge is -2.19. The Morgan fingerprint density at radius 2 is 1.65 bits per heavy atom. The van der Waals surface area contributed by atoms with Crippen LogP contribution in [0.25, 0.3) is 0 Å². The zero-order valence-electron chi connectivity index (χ0n) is 19.1. The van der Waals surface area contributed by atoms with Gasteiger partial charge in [0.2, 0.25) is 10.0 Å². The number of unbranched alkanes of at least 4 members (excludes halogenated alkanes) is 4. The van der Waals surface area contributed by atoms with Gasteiger partial charge in [-0.1, -0.05) is 37.5 Å². The van der Waals surface area contributed by atoms with Crippen LogP contribution < -0.4 is 10.1 Å². The fourth-order valence-electron chi connectivity index (χ4n) is 3.18. The number of carbonyl (C=O) groups is 1. The van der Waals surface area contributed by atoms with Crippen molar-refractivity contribution in [1.82, 2.24) is 4.31 Å². The molecular weight excluding hydrogens is 473 g/mol. The van der Waals surface area contributed by atoms with E-state index in [1.54, 1.807) is 30.3 Å². The first kappa shape index (κ1) is 27.5. The standard InChI is InChI=1S/C23H29F3N2O5S/c1-28(2)34(31,32)21-15-18(22(29)30)20(33-17-11-7-6-8-12-17)16-19(21)27-14-10-5-3-4-9-13-23(24,25)26/h6-8,11-12,15-16,27H,3-5,9-10,13-14H2,1-2H3,(H,29,30). The number of halogens is 3. The van der Waals surface area contributed by atoms with Crippen molar-refractivity contribution in [2.45, 2.75) is 49.6 Å². The Morgan fingerprint density at radius 1 is 1.03 bits per heavy atom. The van der Waals surface area contributed by atoms with E-state index in [0.717, 1.165) is 10.4 Å². The van der Waals surface area contributed by atoms with E-state index in [0.29, 0.717) is 38.0 Å². The van der Waals surface area contributed by atoms with Gasteiger partial charge in [0.05, 0.1) is 5.69 Å². The van der Waals surface area contributed by atoms with Crippen LogP contribution in [0.2, 0.25) is 0 Å². The van der Waals surface area contributed by atoms with Crippen molar-refractivity contribution in [2.24, 2.45) is 0 Å². The van der Waals surface area contributed by atoms with Crippen LogP contribution in [0.3, 0.4) is 0 Å². The predicted octanol–water partition coefficient (Wildman–Crippen LogP) is 5.74. The third kappa shape index (κ3) is 8.21. The van der Waals surface area contributed by atoms with Crippen LogP contribution in [0, 0.1) is 0 Å². The molecule has 2 aromatic rings. The molecule has 2 rings (SSSR count). The zero-order valence-corrected chi connectivity index (χ0v) is 19.9. The number of ether oxygens (including phenoxy) is 1. The number of carboxylic acids is 1. The summed E-state index contributed by atoms with van der Waals surface area (Å²) in [6, 6.07) is 10.9. The van der Waals surface area contributed by atoms with Crippen LogP contribution in [0.5, 0.6) is 11.5 Å². The molecule has 0 saturated heterocycles. The molecule has 0 aliphatic carbocycles. The van der Waals surface area contributed by atoms with E-state index in [2.05, 4.69) is 5.32 Å². The van der Waals surface area contributed by atoms with Crippen molar-refractivity contribution in [1.29, 1.82) is 0 Å². The SMILES string of the molecule is CN(C)S(=O)(=O)c1cc(C(=O)O)c(Oc2ccccc2)cc1NCCCCCCCC(F)(F)F. The van der Waals surface area contributed by atoms with E-state index in [1.807, 2.05) is 0 Å². The maximum atomic E-state index is 12.8. The van der Waals surface area contributed by atoms with Crippen molar-refractivity contribution >= 4 is 21.7 Å². The molecule has 0 spiro atoms. The lowest BCUT2D eigenvalue weighted by molar-refractivity contribution is -0.135. The topological polar surface area (TPSA) is 95.9 Å². The van der Waals surface area contributed by atoms with E-state index in [4.69, 9.17) is 4.74 Å². The minimum atomic E-state index is -4.14. The van der Waals surface area contributed by atoms with Gasteiger partial charge in [-0.25, -0.2) is 17.5 Å². The Balaban J connectivity index is 2.19. The first-order chi connectivity index (χ1) is 15.9. The molecule has 2 N–H and O–H groups in total. The minimum absolute atomic E-state index is 0.0222.